The number of ether oxygens (including phenoxy) is 1. The molecule has 1 aromatic carbocycles. The number of urea groups is 1. The van der Waals surface area contributed by atoms with Crippen LogP contribution in [-0.4, -0.2) is 66.7 Å². The van der Waals surface area contributed by atoms with Gasteiger partial charge in [-0.15, -0.1) is 0 Å². The summed E-state index contributed by atoms with van der Waals surface area (Å²) in [5, 5.41) is 3.03. The summed E-state index contributed by atoms with van der Waals surface area (Å²) in [5.74, 6) is -0.498. The Bertz CT molecular complexity index is 761. The lowest BCUT2D eigenvalue weighted by Crippen LogP contribution is -2.58. The molecule has 1 aromatic rings. The Morgan fingerprint density at radius 2 is 1.97 bits per heavy atom. The smallest absolute Gasteiger partial charge is 0.325 e. The second kappa shape index (κ2) is 8.40. The van der Waals surface area contributed by atoms with Crippen LogP contribution in [0.4, 0.5) is 9.18 Å². The van der Waals surface area contributed by atoms with Crippen molar-refractivity contribution in [3.63, 3.8) is 0 Å². The van der Waals surface area contributed by atoms with E-state index in [9.17, 15) is 14.0 Å². The van der Waals surface area contributed by atoms with Gasteiger partial charge in [0.2, 0.25) is 0 Å². The van der Waals surface area contributed by atoms with Crippen molar-refractivity contribution in [3.8, 4) is 0 Å². The average Bonchev–Trinajstić information content (AvgIpc) is 2.90. The largest absolute Gasteiger partial charge is 0.383 e. The molecule has 158 valence electrons. The predicted octanol–water partition coefficient (Wildman–Crippen LogP) is 2.57. The first-order valence-electron chi connectivity index (χ1n) is 10.6. The first-order valence-corrected chi connectivity index (χ1v) is 10.6. The van der Waals surface area contributed by atoms with Crippen molar-refractivity contribution in [3.05, 3.63) is 35.6 Å². The number of methoxy groups -OCH3 is 1. The summed E-state index contributed by atoms with van der Waals surface area (Å²) in [5.41, 5.74) is -0.279. The van der Waals surface area contributed by atoms with Crippen molar-refractivity contribution in [2.45, 2.75) is 50.1 Å². The topological polar surface area (TPSA) is 61.9 Å². The first-order chi connectivity index (χ1) is 14.0. The zero-order valence-corrected chi connectivity index (χ0v) is 17.0. The van der Waals surface area contributed by atoms with E-state index in [1.165, 1.54) is 36.3 Å². The SMILES string of the molecule is COCCN1C(=O)NC(Cc2cccc(F)c2)(C2CCN(C3CCC3)CC2)C1=O. The van der Waals surface area contributed by atoms with Gasteiger partial charge in [0.1, 0.15) is 11.4 Å². The number of piperidine rings is 1. The van der Waals surface area contributed by atoms with Crippen LogP contribution < -0.4 is 5.32 Å². The molecule has 1 unspecified atom stereocenters. The van der Waals surface area contributed by atoms with Crippen LogP contribution in [0.2, 0.25) is 0 Å². The van der Waals surface area contributed by atoms with Gasteiger partial charge in [0, 0.05) is 19.6 Å². The van der Waals surface area contributed by atoms with Gasteiger partial charge in [0.25, 0.3) is 5.91 Å². The number of nitrogens with one attached hydrogen (secondary N) is 1. The number of benzene rings is 1. The minimum absolute atomic E-state index is 0.0334. The highest BCUT2D eigenvalue weighted by Crippen LogP contribution is 2.38. The van der Waals surface area contributed by atoms with Gasteiger partial charge in [-0.2, -0.15) is 0 Å². The lowest BCUT2D eigenvalue weighted by Gasteiger charge is -2.45. The molecule has 1 N–H and O–H groups in total. The van der Waals surface area contributed by atoms with E-state index < -0.39 is 5.54 Å². The predicted molar refractivity (Wildman–Crippen MR) is 107 cm³/mol. The highest BCUT2D eigenvalue weighted by atomic mass is 19.1. The first kappa shape index (κ1) is 20.3. The lowest BCUT2D eigenvalue weighted by molar-refractivity contribution is -0.134. The van der Waals surface area contributed by atoms with Crippen LogP contribution in [0, 0.1) is 11.7 Å². The molecular weight excluding hydrogens is 373 g/mol. The molecule has 3 amide bonds. The zero-order valence-electron chi connectivity index (χ0n) is 17.0. The summed E-state index contributed by atoms with van der Waals surface area (Å²) in [4.78, 5) is 30.0. The van der Waals surface area contributed by atoms with E-state index in [4.69, 9.17) is 4.74 Å². The Morgan fingerprint density at radius 1 is 1.21 bits per heavy atom. The molecule has 2 heterocycles. The van der Waals surface area contributed by atoms with Crippen molar-refractivity contribution in [2.75, 3.05) is 33.4 Å². The number of carbonyl (C=O) groups is 2. The standard InChI is InChI=1S/C22H30FN3O3/c1-29-13-12-26-20(27)22(24-21(26)28,15-16-4-2-5-18(23)14-16)17-8-10-25(11-9-17)19-6-3-7-19/h2,4-5,14,17,19H,3,6-13,15H2,1H3,(H,24,28). The lowest BCUT2D eigenvalue weighted by atomic mass is 9.73. The Kier molecular flexibility index (Phi) is 5.88. The third kappa shape index (κ3) is 3.90. The molecule has 4 rings (SSSR count). The summed E-state index contributed by atoms with van der Waals surface area (Å²) in [6.45, 7) is 2.42. The molecule has 29 heavy (non-hydrogen) atoms. The average molecular weight is 403 g/mol. The maximum atomic E-state index is 13.8. The fraction of sp³-hybridized carbons (Fsp3) is 0.636. The molecule has 1 aliphatic carbocycles. The van der Waals surface area contributed by atoms with Crippen LogP contribution in [0.5, 0.6) is 0 Å². The molecule has 3 fully saturated rings. The number of halogens is 1. The van der Waals surface area contributed by atoms with Crippen molar-refractivity contribution in [1.82, 2.24) is 15.1 Å². The summed E-state index contributed by atoms with van der Waals surface area (Å²) in [7, 11) is 1.55. The summed E-state index contributed by atoms with van der Waals surface area (Å²) < 4.78 is 18.9. The van der Waals surface area contributed by atoms with E-state index in [0.29, 0.717) is 19.1 Å². The molecule has 3 aliphatic rings. The van der Waals surface area contributed by atoms with E-state index in [1.54, 1.807) is 13.2 Å². The van der Waals surface area contributed by atoms with Gasteiger partial charge in [-0.1, -0.05) is 18.6 Å². The molecule has 0 radical (unpaired) electrons. The van der Waals surface area contributed by atoms with E-state index in [0.717, 1.165) is 31.5 Å². The van der Waals surface area contributed by atoms with Crippen molar-refractivity contribution in [1.29, 1.82) is 0 Å². The van der Waals surface area contributed by atoms with Gasteiger partial charge in [-0.25, -0.2) is 9.18 Å². The van der Waals surface area contributed by atoms with E-state index in [1.807, 2.05) is 6.07 Å². The van der Waals surface area contributed by atoms with Gasteiger partial charge in [0.05, 0.1) is 13.2 Å². The van der Waals surface area contributed by atoms with Crippen LogP contribution in [0.3, 0.4) is 0 Å². The van der Waals surface area contributed by atoms with Gasteiger partial charge < -0.3 is 15.0 Å². The number of carbonyl (C=O) groups excluding carboxylic acids is 2. The molecular formula is C22H30FN3O3. The molecule has 6 nitrogen and oxygen atoms in total. The van der Waals surface area contributed by atoms with E-state index in [2.05, 4.69) is 10.2 Å². The Hall–Kier alpha value is -1.99. The molecule has 1 atom stereocenters. The van der Waals surface area contributed by atoms with Crippen molar-refractivity contribution >= 4 is 11.9 Å². The van der Waals surface area contributed by atoms with Crippen LogP contribution >= 0.6 is 0 Å². The normalized spacial score (nSPS) is 26.6. The minimum Gasteiger partial charge on any atom is -0.383 e. The maximum Gasteiger partial charge on any atom is 0.325 e. The number of amides is 3. The second-order valence-corrected chi connectivity index (χ2v) is 8.55. The summed E-state index contributed by atoms with van der Waals surface area (Å²) in [6.07, 6.45) is 5.86. The highest BCUT2D eigenvalue weighted by molar-refractivity contribution is 6.07. The highest BCUT2D eigenvalue weighted by Gasteiger charge is 2.56. The van der Waals surface area contributed by atoms with Crippen LogP contribution in [0.25, 0.3) is 0 Å². The number of rotatable bonds is 7. The summed E-state index contributed by atoms with van der Waals surface area (Å²) >= 11 is 0. The fourth-order valence-electron chi connectivity index (χ4n) is 5.05. The van der Waals surface area contributed by atoms with Gasteiger partial charge in [0.15, 0.2) is 0 Å². The molecule has 7 heteroatoms. The van der Waals surface area contributed by atoms with Crippen LogP contribution in [0.15, 0.2) is 24.3 Å². The zero-order chi connectivity index (χ0) is 20.4. The van der Waals surface area contributed by atoms with Crippen LogP contribution in [-0.2, 0) is 16.0 Å². The van der Waals surface area contributed by atoms with E-state index >= 15 is 0 Å². The third-order valence-corrected chi connectivity index (χ3v) is 6.91. The second-order valence-electron chi connectivity index (χ2n) is 8.55. The quantitative estimate of drug-likeness (QED) is 0.711. The number of likely N-dealkylation sites (tertiary alicyclic amines) is 1. The number of imide groups is 1. The van der Waals surface area contributed by atoms with Gasteiger partial charge in [-0.3, -0.25) is 9.69 Å². The number of hydrogen-bond acceptors (Lipinski definition) is 4. The maximum absolute atomic E-state index is 13.8. The van der Waals surface area contributed by atoms with E-state index in [-0.39, 0.29) is 30.2 Å². The Labute approximate surface area is 171 Å². The Balaban J connectivity index is 1.57. The molecule has 2 saturated heterocycles. The monoisotopic (exact) mass is 403 g/mol. The third-order valence-electron chi connectivity index (χ3n) is 6.91. The minimum atomic E-state index is -1.01. The molecule has 0 aromatic heterocycles. The van der Waals surface area contributed by atoms with Crippen molar-refractivity contribution < 1.29 is 18.7 Å². The van der Waals surface area contributed by atoms with Crippen LogP contribution in [0.1, 0.15) is 37.7 Å². The molecule has 0 bridgehead atoms. The summed E-state index contributed by atoms with van der Waals surface area (Å²) in [6, 6.07) is 6.65. The Morgan fingerprint density at radius 3 is 2.59 bits per heavy atom. The fourth-order valence-corrected chi connectivity index (χ4v) is 5.05. The number of hydrogen-bond donors (Lipinski definition) is 1. The van der Waals surface area contributed by atoms with Gasteiger partial charge >= 0.3 is 6.03 Å². The molecule has 2 aliphatic heterocycles. The van der Waals surface area contributed by atoms with Crippen molar-refractivity contribution in [2.24, 2.45) is 5.92 Å². The van der Waals surface area contributed by atoms with Gasteiger partial charge in [-0.05, 0) is 62.4 Å². The molecule has 1 saturated carbocycles. The molecule has 0 spiro atoms. The number of nitrogens with zero attached hydrogens (tertiary/aromatic N) is 2.